The van der Waals surface area contributed by atoms with Crippen LogP contribution in [0, 0.1) is 0 Å². The first-order valence-corrected chi connectivity index (χ1v) is 36.2. The number of hydrogen-bond acceptors (Lipinski definition) is 0. The summed E-state index contributed by atoms with van der Waals surface area (Å²) in [6.07, 6.45) is 0. The Morgan fingerprint density at radius 2 is 0.758 bits per heavy atom. The molecule has 3 nitrogen and oxygen atoms in total. The van der Waals surface area contributed by atoms with Gasteiger partial charge in [0.25, 0.3) is 6.71 Å². The van der Waals surface area contributed by atoms with Crippen LogP contribution in [0.2, 0.25) is 0 Å². The van der Waals surface area contributed by atoms with Crippen molar-refractivity contribution in [1.29, 1.82) is 0 Å². The van der Waals surface area contributed by atoms with Crippen LogP contribution < -0.4 is 37.1 Å². The fourth-order valence-electron chi connectivity index (χ4n) is 17.9. The van der Waals surface area contributed by atoms with Gasteiger partial charge in [0, 0.05) is 60.0 Å². The van der Waals surface area contributed by atoms with Gasteiger partial charge in [0.1, 0.15) is 0 Å². The third-order valence-electron chi connectivity index (χ3n) is 22.9. The average molecular weight is 1210 g/mol. The Hall–Kier alpha value is -7.34. The minimum Gasteiger partial charge on any atom is -0.310 e. The van der Waals surface area contributed by atoms with Crippen LogP contribution in [0.1, 0.15) is 211 Å². The Labute approximate surface area is 541 Å². The second kappa shape index (κ2) is 16.9. The van der Waals surface area contributed by atoms with Crippen molar-refractivity contribution >= 4 is 134 Å². The highest BCUT2D eigenvalue weighted by atomic mass is 28.3. The van der Waals surface area contributed by atoms with Crippen LogP contribution in [0.4, 0.5) is 0 Å². The molecule has 5 heteroatoms. The highest BCUT2D eigenvalue weighted by molar-refractivity contribution is 7.24. The van der Waals surface area contributed by atoms with Crippen LogP contribution in [0.15, 0.2) is 121 Å². The molecule has 0 saturated carbocycles. The molecule has 4 aliphatic heterocycles. The molecular formula is C86H92BN3Si. The van der Waals surface area contributed by atoms with Crippen molar-refractivity contribution in [3.63, 3.8) is 0 Å². The van der Waals surface area contributed by atoms with Crippen molar-refractivity contribution in [2.75, 3.05) is 0 Å². The molecule has 9 aromatic carbocycles. The molecule has 458 valence electrons. The van der Waals surface area contributed by atoms with Gasteiger partial charge in [-0.3, -0.25) is 0 Å². The van der Waals surface area contributed by atoms with Gasteiger partial charge in [-0.1, -0.05) is 251 Å². The highest BCUT2D eigenvalue weighted by Gasteiger charge is 2.57. The molecule has 4 aliphatic rings. The molecule has 0 N–H and O–H groups in total. The van der Waals surface area contributed by atoms with Crippen molar-refractivity contribution in [1.82, 2.24) is 13.5 Å². The standard InChI is InChI=1S/C86H92BN3Si/c1-79(2,3)45-27-31-53-62(38-45)89-64-44-60-76-70(72(64)71-58(86(22,23)24)43-57(85(19,20)21)69(53)78(71)89)54-32-28-46(80(4,5)6)39-63(54)88(76)61-33-34-65-77-73(61)87(60)59-37-49(83(13,14)15)35-55-56-36-50(84(16,17)18)42-68(75(56)90(77)74(55)59)91(65)66-40-47(81(7,8)9)25-29-51(66)52-30-26-48(41-67(52)91)82(10,11)12/h25-44H,1-24H3. The second-order valence-corrected chi connectivity index (χ2v) is 40.8. The smallest absolute Gasteiger partial charge is 0.252 e. The van der Waals surface area contributed by atoms with Crippen LogP contribution in [-0.2, 0) is 43.3 Å². The average Bonchev–Trinajstić information content (AvgIpc) is 1.53. The number of fused-ring (bicyclic) bond motifs is 21. The zero-order valence-corrected chi connectivity index (χ0v) is 60.0. The summed E-state index contributed by atoms with van der Waals surface area (Å²) >= 11 is 0. The van der Waals surface area contributed by atoms with E-state index in [9.17, 15) is 0 Å². The van der Waals surface area contributed by atoms with E-state index in [0.717, 1.165) is 0 Å². The van der Waals surface area contributed by atoms with Crippen molar-refractivity contribution < 1.29 is 0 Å². The maximum atomic E-state index is 2.88. The number of rotatable bonds is 0. The molecule has 0 radical (unpaired) electrons. The Bertz CT molecular complexity index is 5470. The van der Waals surface area contributed by atoms with E-state index in [1.54, 1.807) is 15.6 Å². The van der Waals surface area contributed by atoms with Crippen LogP contribution in [0.3, 0.4) is 0 Å². The number of nitrogens with zero attached hydrogens (tertiary/aromatic N) is 3. The summed E-state index contributed by atoms with van der Waals surface area (Å²) in [5, 5.41) is 17.3. The molecule has 0 amide bonds. The van der Waals surface area contributed by atoms with Gasteiger partial charge < -0.3 is 13.5 Å². The molecule has 0 aliphatic carbocycles. The highest BCUT2D eigenvalue weighted by Crippen LogP contribution is 2.53. The van der Waals surface area contributed by atoms with E-state index in [1.807, 2.05) is 0 Å². The predicted molar refractivity (Wildman–Crippen MR) is 400 cm³/mol. The lowest BCUT2D eigenvalue weighted by atomic mass is 9.34. The third-order valence-corrected chi connectivity index (χ3v) is 27.7. The Morgan fingerprint density at radius 3 is 1.30 bits per heavy atom. The lowest BCUT2D eigenvalue weighted by Crippen LogP contribution is -2.77. The van der Waals surface area contributed by atoms with Gasteiger partial charge in [0.05, 0.1) is 33.1 Å². The van der Waals surface area contributed by atoms with Gasteiger partial charge in [0.15, 0.2) is 8.07 Å². The number of benzene rings is 9. The summed E-state index contributed by atoms with van der Waals surface area (Å²) in [6.45, 7) is 58.2. The molecule has 91 heavy (non-hydrogen) atoms. The monoisotopic (exact) mass is 1210 g/mol. The molecule has 1 spiro atoms. The van der Waals surface area contributed by atoms with Gasteiger partial charge in [-0.05, 0) is 172 Å². The van der Waals surface area contributed by atoms with Gasteiger partial charge in [-0.2, -0.15) is 0 Å². The first kappa shape index (κ1) is 57.6. The van der Waals surface area contributed by atoms with Crippen molar-refractivity contribution in [3.8, 4) is 22.5 Å². The fourth-order valence-corrected chi connectivity index (χ4v) is 23.6. The van der Waals surface area contributed by atoms with Gasteiger partial charge in [-0.25, -0.2) is 0 Å². The maximum absolute atomic E-state index is 3.26. The van der Waals surface area contributed by atoms with Crippen molar-refractivity contribution in [2.45, 2.75) is 209 Å². The topological polar surface area (TPSA) is 14.3 Å². The zero-order valence-electron chi connectivity index (χ0n) is 59.0. The van der Waals surface area contributed by atoms with Crippen molar-refractivity contribution in [2.24, 2.45) is 0 Å². The minimum absolute atomic E-state index is 0.0449. The van der Waals surface area contributed by atoms with E-state index in [-0.39, 0.29) is 50.0 Å². The normalized spacial score (nSPS) is 15.5. The van der Waals surface area contributed by atoms with Gasteiger partial charge >= 0.3 is 0 Å². The van der Waals surface area contributed by atoms with E-state index in [0.29, 0.717) is 0 Å². The summed E-state index contributed by atoms with van der Waals surface area (Å²) in [7, 11) is -3.26. The summed E-state index contributed by atoms with van der Waals surface area (Å²) < 4.78 is 8.49. The fraction of sp³-hybridized carbons (Fsp3) is 0.372. The van der Waals surface area contributed by atoms with E-state index in [4.69, 9.17) is 0 Å². The summed E-state index contributed by atoms with van der Waals surface area (Å²) in [5.74, 6) is 0. The van der Waals surface area contributed by atoms with E-state index in [2.05, 4.69) is 301 Å². The van der Waals surface area contributed by atoms with Crippen molar-refractivity contribution in [3.05, 3.63) is 166 Å². The Kier molecular flexibility index (Phi) is 10.7. The SMILES string of the molecule is CC(C)(C)c1ccc2c(c1)[Si]1(c3cc(C(C)(C)C)ccc3-2)c2ccc3c4c2-n2c5c(cc(C(C)(C)C)cc5c5cc(C(C)(C)C)cc1c52)B4c1cc2c(c4c(C(C)(C)C)cc(C(C)(C)C)c5c6ccc(C(C)(C)C)cc6n2c54)c2c4ccc(C(C)(C)C)cc4n-3c12. The molecule has 0 atom stereocenters. The zero-order chi connectivity index (χ0) is 64.6. The van der Waals surface area contributed by atoms with E-state index in [1.165, 1.54) is 170 Å². The third kappa shape index (κ3) is 7.18. The number of hydrogen-bond donors (Lipinski definition) is 0. The van der Waals surface area contributed by atoms with Crippen LogP contribution >= 0.6 is 0 Å². The lowest BCUT2D eigenvalue weighted by molar-refractivity contribution is 0.576. The Balaban J connectivity index is 1.16. The first-order valence-electron chi connectivity index (χ1n) is 34.2. The number of aromatic nitrogens is 3. The molecule has 0 bridgehead atoms. The molecular weight excluding hydrogens is 1110 g/mol. The van der Waals surface area contributed by atoms with E-state index < -0.39 is 8.07 Å². The van der Waals surface area contributed by atoms with Crippen LogP contribution in [0.25, 0.3) is 104 Å². The molecule has 17 rings (SSSR count). The minimum atomic E-state index is -3.26. The maximum Gasteiger partial charge on any atom is 0.252 e. The molecule has 13 aromatic rings. The molecule has 4 aromatic heterocycles. The molecule has 0 unspecified atom stereocenters. The first-order chi connectivity index (χ1) is 42.2. The molecule has 8 heterocycles. The Morgan fingerprint density at radius 1 is 0.297 bits per heavy atom. The van der Waals surface area contributed by atoms with Gasteiger partial charge in [-0.15, -0.1) is 0 Å². The van der Waals surface area contributed by atoms with Crippen LogP contribution in [0.5, 0.6) is 0 Å². The largest absolute Gasteiger partial charge is 0.310 e. The summed E-state index contributed by atoms with van der Waals surface area (Å²) in [4.78, 5) is 0. The second-order valence-electron chi connectivity index (χ2n) is 37.1. The molecule has 0 saturated heterocycles. The molecule has 0 fully saturated rings. The predicted octanol–water partition coefficient (Wildman–Crippen LogP) is 18.2. The summed E-state index contributed by atoms with van der Waals surface area (Å²) in [6, 6.07) is 52.1. The van der Waals surface area contributed by atoms with Gasteiger partial charge in [0.2, 0.25) is 0 Å². The quantitative estimate of drug-likeness (QED) is 0.134. The lowest BCUT2D eigenvalue weighted by Gasteiger charge is -2.43. The van der Waals surface area contributed by atoms with E-state index >= 15 is 0 Å². The van der Waals surface area contributed by atoms with Crippen LogP contribution in [-0.4, -0.2) is 28.3 Å². The summed E-state index contributed by atoms with van der Waals surface area (Å²) in [5.41, 5.74) is 29.9.